The van der Waals surface area contributed by atoms with Crippen molar-refractivity contribution in [1.82, 2.24) is 4.98 Å². The lowest BCUT2D eigenvalue weighted by Gasteiger charge is -2.12. The third kappa shape index (κ3) is 2.45. The van der Waals surface area contributed by atoms with Gasteiger partial charge in [-0.25, -0.2) is 4.98 Å². The molecule has 0 atom stereocenters. The van der Waals surface area contributed by atoms with Gasteiger partial charge in [0, 0.05) is 6.42 Å². The molecular weight excluding hydrogens is 222 g/mol. The van der Waals surface area contributed by atoms with Crippen molar-refractivity contribution in [1.29, 1.82) is 0 Å². The second-order valence-electron chi connectivity index (χ2n) is 4.83. The van der Waals surface area contributed by atoms with Crippen molar-refractivity contribution in [2.75, 3.05) is 11.5 Å². The fraction of sp³-hybridized carbons (Fsp3) is 0.267. The Balaban J connectivity index is 2.40. The summed E-state index contributed by atoms with van der Waals surface area (Å²) >= 11 is 0. The zero-order valence-corrected chi connectivity index (χ0v) is 11.1. The standard InChI is InChI=1S/C15H19N3/c1-9-6-10(2)13(11(3)7-9)8-12-4-5-14(16)18-15(12)17/h4-7H,8H2,1-3H3,(H4,16,17,18). The fourth-order valence-electron chi connectivity index (χ4n) is 2.35. The van der Waals surface area contributed by atoms with Crippen LogP contribution < -0.4 is 11.5 Å². The molecule has 0 aliphatic rings. The molecule has 0 fully saturated rings. The van der Waals surface area contributed by atoms with Crippen LogP contribution in [0, 0.1) is 20.8 Å². The van der Waals surface area contributed by atoms with Crippen LogP contribution in [-0.4, -0.2) is 4.98 Å². The maximum Gasteiger partial charge on any atom is 0.129 e. The first kappa shape index (κ1) is 12.4. The second kappa shape index (κ2) is 4.69. The topological polar surface area (TPSA) is 64.9 Å². The zero-order chi connectivity index (χ0) is 13.3. The molecule has 3 heteroatoms. The van der Waals surface area contributed by atoms with E-state index in [1.807, 2.05) is 6.07 Å². The van der Waals surface area contributed by atoms with Crippen LogP contribution in [0.3, 0.4) is 0 Å². The molecule has 0 spiro atoms. The van der Waals surface area contributed by atoms with Gasteiger partial charge >= 0.3 is 0 Å². The SMILES string of the molecule is Cc1cc(C)c(Cc2ccc(N)nc2N)c(C)c1. The summed E-state index contributed by atoms with van der Waals surface area (Å²) in [5.74, 6) is 0.989. The van der Waals surface area contributed by atoms with Gasteiger partial charge in [0.1, 0.15) is 11.6 Å². The lowest BCUT2D eigenvalue weighted by molar-refractivity contribution is 1.10. The summed E-state index contributed by atoms with van der Waals surface area (Å²) in [6, 6.07) is 8.15. The molecule has 18 heavy (non-hydrogen) atoms. The van der Waals surface area contributed by atoms with Crippen molar-refractivity contribution in [2.24, 2.45) is 0 Å². The van der Waals surface area contributed by atoms with E-state index in [2.05, 4.69) is 37.9 Å². The molecule has 2 aromatic rings. The number of benzene rings is 1. The van der Waals surface area contributed by atoms with Gasteiger partial charge in [-0.3, -0.25) is 0 Å². The van der Waals surface area contributed by atoms with E-state index in [9.17, 15) is 0 Å². The molecule has 4 N–H and O–H groups in total. The summed E-state index contributed by atoms with van der Waals surface area (Å²) < 4.78 is 0. The highest BCUT2D eigenvalue weighted by molar-refractivity contribution is 5.50. The Labute approximate surface area is 108 Å². The van der Waals surface area contributed by atoms with Crippen LogP contribution in [0.4, 0.5) is 11.6 Å². The monoisotopic (exact) mass is 241 g/mol. The Kier molecular flexibility index (Phi) is 3.24. The van der Waals surface area contributed by atoms with Gasteiger partial charge in [0.25, 0.3) is 0 Å². The van der Waals surface area contributed by atoms with Crippen molar-refractivity contribution >= 4 is 11.6 Å². The van der Waals surface area contributed by atoms with Crippen LogP contribution in [0.15, 0.2) is 24.3 Å². The lowest BCUT2D eigenvalue weighted by Crippen LogP contribution is -2.03. The predicted octanol–water partition coefficient (Wildman–Crippen LogP) is 2.76. The number of nitrogens with two attached hydrogens (primary N) is 2. The molecule has 0 bridgehead atoms. The minimum atomic E-state index is 0.466. The molecule has 0 aliphatic heterocycles. The average Bonchev–Trinajstić information content (AvgIpc) is 2.25. The first-order chi connectivity index (χ1) is 8.47. The predicted molar refractivity (Wildman–Crippen MR) is 76.5 cm³/mol. The second-order valence-corrected chi connectivity index (χ2v) is 4.83. The van der Waals surface area contributed by atoms with E-state index in [4.69, 9.17) is 11.5 Å². The van der Waals surface area contributed by atoms with Crippen molar-refractivity contribution in [3.63, 3.8) is 0 Å². The average molecular weight is 241 g/mol. The van der Waals surface area contributed by atoms with Crippen LogP contribution in [0.1, 0.15) is 27.8 Å². The lowest BCUT2D eigenvalue weighted by atomic mass is 9.94. The highest BCUT2D eigenvalue weighted by atomic mass is 14.9. The van der Waals surface area contributed by atoms with Crippen molar-refractivity contribution in [2.45, 2.75) is 27.2 Å². The number of anilines is 2. The van der Waals surface area contributed by atoms with Gasteiger partial charge < -0.3 is 11.5 Å². The third-order valence-corrected chi connectivity index (χ3v) is 3.24. The molecular formula is C15H19N3. The van der Waals surface area contributed by atoms with Crippen molar-refractivity contribution < 1.29 is 0 Å². The van der Waals surface area contributed by atoms with Crippen LogP contribution in [0.2, 0.25) is 0 Å². The maximum absolute atomic E-state index is 5.91. The molecule has 1 heterocycles. The summed E-state index contributed by atoms with van der Waals surface area (Å²) in [5, 5.41) is 0. The highest BCUT2D eigenvalue weighted by Gasteiger charge is 2.08. The molecule has 0 unspecified atom stereocenters. The van der Waals surface area contributed by atoms with Gasteiger partial charge in [-0.15, -0.1) is 0 Å². The van der Waals surface area contributed by atoms with Gasteiger partial charge in [0.2, 0.25) is 0 Å². The number of aromatic nitrogens is 1. The Morgan fingerprint density at radius 2 is 1.61 bits per heavy atom. The van der Waals surface area contributed by atoms with Crippen LogP contribution in [0.25, 0.3) is 0 Å². The molecule has 1 aromatic carbocycles. The van der Waals surface area contributed by atoms with E-state index in [0.717, 1.165) is 12.0 Å². The smallest absolute Gasteiger partial charge is 0.129 e. The van der Waals surface area contributed by atoms with Crippen molar-refractivity contribution in [3.05, 3.63) is 52.1 Å². The van der Waals surface area contributed by atoms with Crippen molar-refractivity contribution in [3.8, 4) is 0 Å². The number of rotatable bonds is 2. The number of nitrogen functional groups attached to an aromatic ring is 2. The first-order valence-corrected chi connectivity index (χ1v) is 6.05. The largest absolute Gasteiger partial charge is 0.384 e. The Hall–Kier alpha value is -2.03. The molecule has 3 nitrogen and oxygen atoms in total. The van der Waals surface area contributed by atoms with Gasteiger partial charge in [-0.05, 0) is 49.1 Å². The minimum absolute atomic E-state index is 0.466. The molecule has 0 saturated carbocycles. The first-order valence-electron chi connectivity index (χ1n) is 6.05. The Morgan fingerprint density at radius 3 is 2.17 bits per heavy atom. The number of nitrogens with zero attached hydrogens (tertiary/aromatic N) is 1. The van der Waals surface area contributed by atoms with Gasteiger partial charge in [-0.2, -0.15) is 0 Å². The van der Waals surface area contributed by atoms with E-state index in [1.54, 1.807) is 6.07 Å². The van der Waals surface area contributed by atoms with Crippen LogP contribution in [-0.2, 0) is 6.42 Å². The normalized spacial score (nSPS) is 10.6. The molecule has 0 amide bonds. The van der Waals surface area contributed by atoms with Gasteiger partial charge in [0.05, 0.1) is 0 Å². The summed E-state index contributed by atoms with van der Waals surface area (Å²) in [4.78, 5) is 4.10. The number of pyridine rings is 1. The molecule has 94 valence electrons. The summed E-state index contributed by atoms with van der Waals surface area (Å²) in [6.45, 7) is 6.38. The van der Waals surface area contributed by atoms with E-state index >= 15 is 0 Å². The summed E-state index contributed by atoms with van der Waals surface area (Å²) in [5.41, 5.74) is 17.7. The molecule has 1 aromatic heterocycles. The Bertz CT molecular complexity index is 565. The van der Waals surface area contributed by atoms with E-state index < -0.39 is 0 Å². The number of aryl methyl sites for hydroxylation is 3. The minimum Gasteiger partial charge on any atom is -0.384 e. The maximum atomic E-state index is 5.91. The highest BCUT2D eigenvalue weighted by Crippen LogP contribution is 2.22. The number of hydrogen-bond acceptors (Lipinski definition) is 3. The van der Waals surface area contributed by atoms with Crippen LogP contribution in [0.5, 0.6) is 0 Å². The van der Waals surface area contributed by atoms with Crippen LogP contribution >= 0.6 is 0 Å². The Morgan fingerprint density at radius 1 is 1.00 bits per heavy atom. The zero-order valence-electron chi connectivity index (χ0n) is 11.1. The quantitative estimate of drug-likeness (QED) is 0.849. The molecule has 0 aliphatic carbocycles. The van der Waals surface area contributed by atoms with Gasteiger partial charge in [-0.1, -0.05) is 23.8 Å². The molecule has 2 rings (SSSR count). The number of hydrogen-bond donors (Lipinski definition) is 2. The third-order valence-electron chi connectivity index (χ3n) is 3.24. The fourth-order valence-corrected chi connectivity index (χ4v) is 2.35. The molecule has 0 saturated heterocycles. The molecule has 0 radical (unpaired) electrons. The van der Waals surface area contributed by atoms with E-state index in [0.29, 0.717) is 11.6 Å². The van der Waals surface area contributed by atoms with E-state index in [-0.39, 0.29) is 0 Å². The van der Waals surface area contributed by atoms with E-state index in [1.165, 1.54) is 22.3 Å². The summed E-state index contributed by atoms with van der Waals surface area (Å²) in [6.07, 6.45) is 0.803. The van der Waals surface area contributed by atoms with Gasteiger partial charge in [0.15, 0.2) is 0 Å². The summed E-state index contributed by atoms with van der Waals surface area (Å²) in [7, 11) is 0.